The smallest absolute Gasteiger partial charge is 0.0466 e. The van der Waals surface area contributed by atoms with Crippen LogP contribution in [0.4, 0.5) is 0 Å². The molecule has 0 N–H and O–H groups in total. The van der Waals surface area contributed by atoms with Crippen molar-refractivity contribution in [1.29, 1.82) is 0 Å². The first kappa shape index (κ1) is 19.4. The van der Waals surface area contributed by atoms with Crippen molar-refractivity contribution >= 4 is 0 Å². The molecule has 0 saturated carbocycles. The van der Waals surface area contributed by atoms with Crippen LogP contribution in [0.1, 0.15) is 47.0 Å². The van der Waals surface area contributed by atoms with E-state index >= 15 is 0 Å². The van der Waals surface area contributed by atoms with Crippen LogP contribution in [0.5, 0.6) is 0 Å². The highest BCUT2D eigenvalue weighted by Crippen LogP contribution is 2.65. The lowest BCUT2D eigenvalue weighted by Gasteiger charge is -2.38. The Morgan fingerprint density at radius 1 is 0.967 bits per heavy atom. The van der Waals surface area contributed by atoms with Crippen LogP contribution >= 0.6 is 0 Å². The largest absolute Gasteiger partial charge is 0.0991 e. The molecule has 0 heteroatoms. The van der Waals surface area contributed by atoms with E-state index in [0.717, 1.165) is 12.8 Å². The summed E-state index contributed by atoms with van der Waals surface area (Å²) in [6.07, 6.45) is 31.2. The lowest BCUT2D eigenvalue weighted by molar-refractivity contribution is 0.502. The van der Waals surface area contributed by atoms with Crippen LogP contribution in [0.2, 0.25) is 0 Å². The summed E-state index contributed by atoms with van der Waals surface area (Å²) in [6, 6.07) is 0. The van der Waals surface area contributed by atoms with Gasteiger partial charge in [-0.3, -0.25) is 0 Å². The number of fused-ring (bicyclic) bond motifs is 3. The highest BCUT2D eigenvalue weighted by Gasteiger charge is 2.53. The van der Waals surface area contributed by atoms with Gasteiger partial charge in [-0.15, -0.1) is 0 Å². The second-order valence-corrected chi connectivity index (χ2v) is 10.2. The van der Waals surface area contributed by atoms with E-state index in [4.69, 9.17) is 0 Å². The van der Waals surface area contributed by atoms with Gasteiger partial charge in [0.05, 0.1) is 0 Å². The van der Waals surface area contributed by atoms with Crippen molar-refractivity contribution in [3.63, 3.8) is 0 Å². The molecular weight excluding hydrogens is 360 g/mol. The zero-order valence-corrected chi connectivity index (χ0v) is 18.8. The minimum atomic E-state index is -0.0503. The molecule has 0 saturated heterocycles. The maximum absolute atomic E-state index is 4.08. The van der Waals surface area contributed by atoms with Gasteiger partial charge < -0.3 is 0 Å². The number of hydrogen-bond donors (Lipinski definition) is 0. The molecule has 2 atom stereocenters. The summed E-state index contributed by atoms with van der Waals surface area (Å²) in [4.78, 5) is 0. The van der Waals surface area contributed by atoms with Crippen LogP contribution in [-0.2, 0) is 0 Å². The molecule has 5 aliphatic rings. The van der Waals surface area contributed by atoms with E-state index < -0.39 is 0 Å². The molecule has 0 aliphatic heterocycles. The molecule has 152 valence electrons. The number of rotatable bonds is 1. The van der Waals surface area contributed by atoms with E-state index in [1.165, 1.54) is 34.3 Å². The minimum absolute atomic E-state index is 0.0503. The maximum atomic E-state index is 4.08. The fourth-order valence-electron chi connectivity index (χ4n) is 6.18. The molecular formula is C30H32. The minimum Gasteiger partial charge on any atom is -0.0991 e. The fourth-order valence-corrected chi connectivity index (χ4v) is 6.18. The topological polar surface area (TPSA) is 0 Å². The van der Waals surface area contributed by atoms with Crippen LogP contribution in [0, 0.1) is 16.2 Å². The van der Waals surface area contributed by atoms with E-state index in [9.17, 15) is 0 Å². The fraction of sp³-hybridized carbons (Fsp3) is 0.333. The van der Waals surface area contributed by atoms with Gasteiger partial charge in [-0.2, -0.15) is 0 Å². The number of hydrogen-bond acceptors (Lipinski definition) is 0. The lowest BCUT2D eigenvalue weighted by Crippen LogP contribution is -2.26. The molecule has 0 radical (unpaired) electrons. The summed E-state index contributed by atoms with van der Waals surface area (Å²) in [6.45, 7) is 13.2. The Bertz CT molecular complexity index is 1110. The zero-order chi connectivity index (χ0) is 21.1. The van der Waals surface area contributed by atoms with Gasteiger partial charge in [0.15, 0.2) is 0 Å². The van der Waals surface area contributed by atoms with Crippen LogP contribution < -0.4 is 0 Å². The van der Waals surface area contributed by atoms with Crippen LogP contribution in [-0.4, -0.2) is 0 Å². The molecule has 0 amide bonds. The second-order valence-electron chi connectivity index (χ2n) is 10.2. The van der Waals surface area contributed by atoms with Gasteiger partial charge in [-0.25, -0.2) is 0 Å². The van der Waals surface area contributed by atoms with Gasteiger partial charge in [0, 0.05) is 16.2 Å². The van der Waals surface area contributed by atoms with Crippen molar-refractivity contribution in [1.82, 2.24) is 0 Å². The second kappa shape index (κ2) is 6.45. The summed E-state index contributed by atoms with van der Waals surface area (Å²) >= 11 is 0. The monoisotopic (exact) mass is 392 g/mol. The lowest BCUT2D eigenvalue weighted by atomic mass is 9.65. The van der Waals surface area contributed by atoms with Gasteiger partial charge in [-0.1, -0.05) is 106 Å². The number of allylic oxidation sites excluding steroid dienone is 19. The van der Waals surface area contributed by atoms with Crippen LogP contribution in [0.15, 0.2) is 119 Å². The van der Waals surface area contributed by atoms with Crippen molar-refractivity contribution in [3.05, 3.63) is 119 Å². The van der Waals surface area contributed by atoms with Gasteiger partial charge in [0.2, 0.25) is 0 Å². The standard InChI is InChI=1S/C30H32/c1-6-10-25-23(7-2)24-13-16-28(3,4)17-14-26(24)30(25)18-12-21-20-29(5)15-9-8-11-22(29)19-27(21)30/h6-11,13-17,19H,1,12,18,20H2,2-5H3/b23-7-,25-10+. The first-order chi connectivity index (χ1) is 14.3. The molecule has 2 unspecified atom stereocenters. The van der Waals surface area contributed by atoms with Crippen molar-refractivity contribution in [3.8, 4) is 0 Å². The average Bonchev–Trinajstić information content (AvgIpc) is 3.12. The van der Waals surface area contributed by atoms with E-state index in [0.29, 0.717) is 0 Å². The van der Waals surface area contributed by atoms with E-state index in [2.05, 4.69) is 101 Å². The Morgan fingerprint density at radius 2 is 1.77 bits per heavy atom. The van der Waals surface area contributed by atoms with E-state index in [-0.39, 0.29) is 16.2 Å². The molecule has 1 spiro atoms. The molecule has 0 nitrogen and oxygen atoms in total. The van der Waals surface area contributed by atoms with E-state index in [1.54, 1.807) is 11.1 Å². The molecule has 0 bridgehead atoms. The molecule has 5 aliphatic carbocycles. The van der Waals surface area contributed by atoms with Gasteiger partial charge >= 0.3 is 0 Å². The molecule has 0 fully saturated rings. The molecule has 0 aromatic heterocycles. The third-order valence-electron chi connectivity index (χ3n) is 7.76. The molecule has 0 heterocycles. The first-order valence-electron chi connectivity index (χ1n) is 11.3. The predicted molar refractivity (Wildman–Crippen MR) is 129 cm³/mol. The Balaban J connectivity index is 1.77. The third-order valence-corrected chi connectivity index (χ3v) is 7.76. The molecule has 30 heavy (non-hydrogen) atoms. The summed E-state index contributed by atoms with van der Waals surface area (Å²) in [5.41, 5.74) is 10.5. The van der Waals surface area contributed by atoms with Crippen LogP contribution in [0.3, 0.4) is 0 Å². The normalized spacial score (nSPS) is 35.8. The quantitative estimate of drug-likeness (QED) is 0.423. The van der Waals surface area contributed by atoms with Crippen molar-refractivity contribution in [2.45, 2.75) is 47.0 Å². The summed E-state index contributed by atoms with van der Waals surface area (Å²) in [5.74, 6) is 0. The predicted octanol–water partition coefficient (Wildman–Crippen LogP) is 8.05. The average molecular weight is 393 g/mol. The third kappa shape index (κ3) is 2.52. The van der Waals surface area contributed by atoms with E-state index in [1.807, 2.05) is 6.08 Å². The highest BCUT2D eigenvalue weighted by atomic mass is 14.6. The SMILES string of the molecule is C=C/C=C1\C(=C/C)C2=C(C=CC(C)(C)C=C2)C12CCC1=C2C=C2C=CC=CC2(C)C1. The first-order valence-corrected chi connectivity index (χ1v) is 11.3. The summed E-state index contributed by atoms with van der Waals surface area (Å²) in [5, 5.41) is 0. The van der Waals surface area contributed by atoms with Crippen molar-refractivity contribution < 1.29 is 0 Å². The molecule has 5 rings (SSSR count). The summed E-state index contributed by atoms with van der Waals surface area (Å²) < 4.78 is 0. The Hall–Kier alpha value is -2.60. The van der Waals surface area contributed by atoms with Crippen molar-refractivity contribution in [2.24, 2.45) is 16.2 Å². The summed E-state index contributed by atoms with van der Waals surface area (Å²) in [7, 11) is 0. The van der Waals surface area contributed by atoms with Gasteiger partial charge in [-0.05, 0) is 59.6 Å². The Kier molecular flexibility index (Phi) is 4.16. The highest BCUT2D eigenvalue weighted by molar-refractivity contribution is 5.76. The Morgan fingerprint density at radius 3 is 2.53 bits per heavy atom. The molecule has 0 aromatic rings. The van der Waals surface area contributed by atoms with Crippen molar-refractivity contribution in [2.75, 3.05) is 0 Å². The molecule has 0 aromatic carbocycles. The Labute approximate surface area is 181 Å². The maximum Gasteiger partial charge on any atom is 0.0466 e. The van der Waals surface area contributed by atoms with Crippen LogP contribution in [0.25, 0.3) is 0 Å². The van der Waals surface area contributed by atoms with Gasteiger partial charge in [0.1, 0.15) is 0 Å². The zero-order valence-electron chi connectivity index (χ0n) is 18.8. The van der Waals surface area contributed by atoms with Gasteiger partial charge in [0.25, 0.3) is 0 Å².